The summed E-state index contributed by atoms with van der Waals surface area (Å²) in [6, 6.07) is 13.7. The average molecular weight is 419 g/mol. The Balaban J connectivity index is 2.10. The van der Waals surface area contributed by atoms with Crippen LogP contribution in [0.3, 0.4) is 0 Å². The van der Waals surface area contributed by atoms with E-state index in [0.717, 1.165) is 43.7 Å². The Labute approximate surface area is 171 Å². The van der Waals surface area contributed by atoms with Crippen molar-refractivity contribution in [2.45, 2.75) is 18.4 Å². The Kier molecular flexibility index (Phi) is 7.04. The number of hydrogen-bond acceptors (Lipinski definition) is 5. The summed E-state index contributed by atoms with van der Waals surface area (Å²) in [5.41, 5.74) is 1.74. The van der Waals surface area contributed by atoms with Crippen LogP contribution < -0.4 is 9.54 Å². The van der Waals surface area contributed by atoms with Gasteiger partial charge in [0.1, 0.15) is 5.75 Å². The number of aromatic nitrogens is 1. The van der Waals surface area contributed by atoms with Crippen molar-refractivity contribution < 1.29 is 9.53 Å². The normalized spacial score (nSPS) is 11.9. The van der Waals surface area contributed by atoms with Crippen molar-refractivity contribution in [1.29, 1.82) is 0 Å². The number of carbonyl (C=O) groups excluding carboxylic acids is 1. The van der Waals surface area contributed by atoms with E-state index in [1.165, 1.54) is 11.3 Å². The van der Waals surface area contributed by atoms with Crippen molar-refractivity contribution >= 4 is 51.0 Å². The first-order valence-electron chi connectivity index (χ1n) is 8.65. The number of thioether (sulfide) groups is 2. The fraction of sp³-hybridized carbons (Fsp3) is 0.300. The van der Waals surface area contributed by atoms with Gasteiger partial charge in [-0.2, -0.15) is 16.8 Å². The maximum Gasteiger partial charge on any atom is 0.280 e. The van der Waals surface area contributed by atoms with Crippen LogP contribution in [0.15, 0.2) is 52.4 Å². The van der Waals surface area contributed by atoms with Gasteiger partial charge in [-0.1, -0.05) is 30.4 Å². The number of nitrogens with zero attached hydrogens (tertiary/aromatic N) is 2. The topological polar surface area (TPSA) is 43.6 Å². The van der Waals surface area contributed by atoms with Crippen molar-refractivity contribution in [2.24, 2.45) is 4.99 Å². The monoisotopic (exact) mass is 418 g/mol. The lowest BCUT2D eigenvalue weighted by atomic mass is 10.2. The molecule has 0 saturated heterocycles. The predicted molar refractivity (Wildman–Crippen MR) is 117 cm³/mol. The van der Waals surface area contributed by atoms with E-state index < -0.39 is 0 Å². The molecule has 0 bridgehead atoms. The largest absolute Gasteiger partial charge is 0.497 e. The van der Waals surface area contributed by atoms with Crippen molar-refractivity contribution in [3.8, 4) is 5.75 Å². The fourth-order valence-corrected chi connectivity index (χ4v) is 4.98. The second-order valence-corrected chi connectivity index (χ2v) is 9.01. The zero-order valence-electron chi connectivity index (χ0n) is 15.6. The molecule has 1 amide bonds. The molecule has 0 fully saturated rings. The van der Waals surface area contributed by atoms with E-state index in [1.807, 2.05) is 42.5 Å². The van der Waals surface area contributed by atoms with Crippen LogP contribution in [-0.4, -0.2) is 35.3 Å². The molecule has 0 atom stereocenters. The third-order valence-corrected chi connectivity index (χ3v) is 6.61. The van der Waals surface area contributed by atoms with Crippen LogP contribution in [0.4, 0.5) is 0 Å². The molecule has 0 aliphatic rings. The summed E-state index contributed by atoms with van der Waals surface area (Å²) in [5, 5.41) is 0. The predicted octanol–water partition coefficient (Wildman–Crippen LogP) is 4.93. The van der Waals surface area contributed by atoms with Crippen LogP contribution in [-0.2, 0) is 6.54 Å². The molecule has 0 aliphatic carbocycles. The molecule has 1 heterocycles. The minimum Gasteiger partial charge on any atom is -0.497 e. The molecule has 3 rings (SSSR count). The molecule has 142 valence electrons. The van der Waals surface area contributed by atoms with Gasteiger partial charge in [0.25, 0.3) is 5.91 Å². The Bertz CT molecular complexity index is 1010. The second kappa shape index (κ2) is 9.48. The molecular formula is C20H22N2O2S3. The minimum atomic E-state index is -0.192. The highest BCUT2D eigenvalue weighted by atomic mass is 32.2. The lowest BCUT2D eigenvalue weighted by Crippen LogP contribution is -2.18. The molecule has 0 aliphatic heterocycles. The van der Waals surface area contributed by atoms with Crippen molar-refractivity contribution in [2.75, 3.05) is 24.9 Å². The zero-order chi connectivity index (χ0) is 19.2. The van der Waals surface area contributed by atoms with Crippen LogP contribution in [0.2, 0.25) is 0 Å². The Morgan fingerprint density at radius 2 is 2.07 bits per heavy atom. The smallest absolute Gasteiger partial charge is 0.280 e. The Morgan fingerprint density at radius 1 is 1.26 bits per heavy atom. The lowest BCUT2D eigenvalue weighted by molar-refractivity contribution is 0.0995. The number of hydrogen-bond donors (Lipinski definition) is 0. The average Bonchev–Trinajstić information content (AvgIpc) is 3.02. The molecule has 27 heavy (non-hydrogen) atoms. The van der Waals surface area contributed by atoms with E-state index in [9.17, 15) is 4.79 Å². The van der Waals surface area contributed by atoms with Gasteiger partial charge in [0.05, 0.1) is 22.9 Å². The van der Waals surface area contributed by atoms with Crippen molar-refractivity contribution in [3.05, 3.63) is 52.8 Å². The van der Waals surface area contributed by atoms with Crippen LogP contribution in [0.5, 0.6) is 5.75 Å². The first-order chi connectivity index (χ1) is 13.2. The lowest BCUT2D eigenvalue weighted by Gasteiger charge is -2.06. The molecule has 0 N–H and O–H groups in total. The summed E-state index contributed by atoms with van der Waals surface area (Å²) in [6.07, 6.45) is 2.08. The van der Waals surface area contributed by atoms with Crippen LogP contribution in [0, 0.1) is 0 Å². The summed E-state index contributed by atoms with van der Waals surface area (Å²) in [7, 11) is 1.66. The van der Waals surface area contributed by atoms with Gasteiger partial charge in [0.15, 0.2) is 4.80 Å². The van der Waals surface area contributed by atoms with Crippen LogP contribution in [0.25, 0.3) is 10.2 Å². The molecule has 0 radical (unpaired) electrons. The molecule has 7 heteroatoms. The quantitative estimate of drug-likeness (QED) is 0.511. The number of ether oxygens (including phenoxy) is 1. The standard InChI is InChI=1S/C20H22N2O2S3/c1-4-26-17-8-6-5-7-15(17)19(23)21-20-22(11-12-25-3)16-10-9-14(24-2)13-18(16)27-20/h5-10,13H,4,11-12H2,1-3H3. The number of benzene rings is 2. The third kappa shape index (κ3) is 4.59. The molecule has 0 spiro atoms. The minimum absolute atomic E-state index is 0.192. The molecule has 1 aromatic heterocycles. The van der Waals surface area contributed by atoms with E-state index in [1.54, 1.807) is 30.6 Å². The number of aryl methyl sites for hydroxylation is 1. The maximum atomic E-state index is 12.9. The molecule has 4 nitrogen and oxygen atoms in total. The number of methoxy groups -OCH3 is 1. The van der Waals surface area contributed by atoms with Crippen molar-refractivity contribution in [1.82, 2.24) is 4.57 Å². The summed E-state index contributed by atoms with van der Waals surface area (Å²) in [4.78, 5) is 19.1. The van der Waals surface area contributed by atoms with E-state index in [4.69, 9.17) is 4.74 Å². The van der Waals surface area contributed by atoms with Crippen LogP contribution >= 0.6 is 34.9 Å². The number of rotatable bonds is 7. The summed E-state index contributed by atoms with van der Waals surface area (Å²) in [6.45, 7) is 2.89. The van der Waals surface area contributed by atoms with Gasteiger partial charge in [0, 0.05) is 17.2 Å². The van der Waals surface area contributed by atoms with Gasteiger partial charge in [-0.25, -0.2) is 0 Å². The van der Waals surface area contributed by atoms with E-state index >= 15 is 0 Å². The number of fused-ring (bicyclic) bond motifs is 1. The van der Waals surface area contributed by atoms with Gasteiger partial charge in [-0.3, -0.25) is 4.79 Å². The Hall–Kier alpha value is -1.70. The van der Waals surface area contributed by atoms with E-state index in [-0.39, 0.29) is 5.91 Å². The summed E-state index contributed by atoms with van der Waals surface area (Å²) < 4.78 is 8.53. The summed E-state index contributed by atoms with van der Waals surface area (Å²) >= 11 is 4.97. The van der Waals surface area contributed by atoms with Gasteiger partial charge in [-0.05, 0) is 42.3 Å². The molecule has 0 unspecified atom stereocenters. The summed E-state index contributed by atoms with van der Waals surface area (Å²) in [5.74, 6) is 2.49. The van der Waals surface area contributed by atoms with E-state index in [2.05, 4.69) is 22.7 Å². The molecule has 3 aromatic rings. The van der Waals surface area contributed by atoms with Crippen LogP contribution in [0.1, 0.15) is 17.3 Å². The highest BCUT2D eigenvalue weighted by Crippen LogP contribution is 2.25. The number of amides is 1. The van der Waals surface area contributed by atoms with Gasteiger partial charge >= 0.3 is 0 Å². The number of thiazole rings is 1. The molecule has 0 saturated carbocycles. The highest BCUT2D eigenvalue weighted by molar-refractivity contribution is 7.99. The molecule has 2 aromatic carbocycles. The van der Waals surface area contributed by atoms with Crippen molar-refractivity contribution in [3.63, 3.8) is 0 Å². The van der Waals surface area contributed by atoms with E-state index in [0.29, 0.717) is 5.56 Å². The maximum absolute atomic E-state index is 12.9. The molecular weight excluding hydrogens is 396 g/mol. The second-order valence-electron chi connectivity index (χ2n) is 5.71. The third-order valence-electron chi connectivity index (χ3n) is 4.02. The first-order valence-corrected chi connectivity index (χ1v) is 11.8. The first kappa shape index (κ1) is 20.0. The van der Waals surface area contributed by atoms with Gasteiger partial charge in [0.2, 0.25) is 0 Å². The zero-order valence-corrected chi connectivity index (χ0v) is 18.0. The Morgan fingerprint density at radius 3 is 2.81 bits per heavy atom. The number of carbonyl (C=O) groups is 1. The fourth-order valence-electron chi connectivity index (χ4n) is 2.74. The highest BCUT2D eigenvalue weighted by Gasteiger charge is 2.13. The SMILES string of the molecule is CCSc1ccccc1C(=O)N=c1sc2cc(OC)ccc2n1CCSC. The van der Waals surface area contributed by atoms with Gasteiger partial charge in [-0.15, -0.1) is 11.8 Å². The van der Waals surface area contributed by atoms with Gasteiger partial charge < -0.3 is 9.30 Å².